The van der Waals surface area contributed by atoms with Gasteiger partial charge in [0.15, 0.2) is 0 Å². The summed E-state index contributed by atoms with van der Waals surface area (Å²) in [6, 6.07) is 0. The van der Waals surface area contributed by atoms with Crippen LogP contribution in [0, 0.1) is 0 Å². The zero-order chi connectivity index (χ0) is 11.0. The molecule has 1 aromatic rings. The molecule has 4 nitrogen and oxygen atoms in total. The fraction of sp³-hybridized carbons (Fsp3) is 0.818. The molecule has 0 aromatic carbocycles. The first kappa shape index (κ1) is 10.6. The van der Waals surface area contributed by atoms with Gasteiger partial charge < -0.3 is 10.1 Å². The van der Waals surface area contributed by atoms with Gasteiger partial charge in [-0.2, -0.15) is 0 Å². The lowest BCUT2D eigenvalue weighted by molar-refractivity contribution is 0.180. The van der Waals surface area contributed by atoms with Crippen molar-refractivity contribution in [2.45, 2.75) is 31.1 Å². The molecule has 0 radical (unpaired) electrons. The van der Waals surface area contributed by atoms with Gasteiger partial charge in [0.2, 0.25) is 0 Å². The number of aromatic nitrogens is 2. The molecule has 1 N–H and O–H groups in total. The Labute approximate surface area is 99.4 Å². The first-order valence-electron chi connectivity index (χ1n) is 5.90. The molecule has 3 rings (SSSR count). The van der Waals surface area contributed by atoms with Gasteiger partial charge in [-0.25, -0.2) is 0 Å². The fourth-order valence-electron chi connectivity index (χ4n) is 2.34. The molecule has 2 fully saturated rings. The SMILES string of the molecule is CC1(c2nnc(C3CCNC3)s2)CCOC1. The lowest BCUT2D eigenvalue weighted by atomic mass is 9.91. The third-order valence-corrected chi connectivity index (χ3v) is 4.98. The molecular weight excluding hydrogens is 222 g/mol. The number of rotatable bonds is 2. The van der Waals surface area contributed by atoms with Crippen LogP contribution in [0.25, 0.3) is 0 Å². The molecule has 16 heavy (non-hydrogen) atoms. The van der Waals surface area contributed by atoms with Crippen molar-refractivity contribution in [3.8, 4) is 0 Å². The maximum absolute atomic E-state index is 5.48. The van der Waals surface area contributed by atoms with Gasteiger partial charge in [0.05, 0.1) is 6.61 Å². The zero-order valence-corrected chi connectivity index (χ0v) is 10.3. The quantitative estimate of drug-likeness (QED) is 0.845. The molecule has 0 aliphatic carbocycles. The van der Waals surface area contributed by atoms with E-state index in [0.717, 1.165) is 37.7 Å². The minimum absolute atomic E-state index is 0.113. The first-order valence-corrected chi connectivity index (χ1v) is 6.72. The van der Waals surface area contributed by atoms with E-state index in [1.165, 1.54) is 11.4 Å². The molecule has 2 aliphatic rings. The Morgan fingerprint density at radius 2 is 2.44 bits per heavy atom. The van der Waals surface area contributed by atoms with Crippen LogP contribution in [0.1, 0.15) is 35.7 Å². The van der Waals surface area contributed by atoms with Gasteiger partial charge in [-0.3, -0.25) is 0 Å². The van der Waals surface area contributed by atoms with Gasteiger partial charge in [-0.05, 0) is 19.4 Å². The molecule has 88 valence electrons. The molecule has 3 heterocycles. The second kappa shape index (κ2) is 4.05. The number of nitrogens with one attached hydrogen (secondary N) is 1. The largest absolute Gasteiger partial charge is 0.380 e. The highest BCUT2D eigenvalue weighted by atomic mass is 32.1. The number of ether oxygens (including phenoxy) is 1. The molecule has 0 bridgehead atoms. The van der Waals surface area contributed by atoms with Crippen LogP contribution in [-0.2, 0) is 10.2 Å². The Balaban J connectivity index is 1.81. The molecule has 2 saturated heterocycles. The van der Waals surface area contributed by atoms with Crippen LogP contribution in [0.5, 0.6) is 0 Å². The maximum atomic E-state index is 5.48. The Morgan fingerprint density at radius 3 is 3.12 bits per heavy atom. The van der Waals surface area contributed by atoms with Gasteiger partial charge in [0.25, 0.3) is 0 Å². The van der Waals surface area contributed by atoms with Crippen molar-refractivity contribution in [2.24, 2.45) is 0 Å². The van der Waals surface area contributed by atoms with Crippen LogP contribution >= 0.6 is 11.3 Å². The molecule has 2 aliphatic heterocycles. The Bertz CT molecular complexity index is 367. The van der Waals surface area contributed by atoms with Crippen molar-refractivity contribution in [1.29, 1.82) is 0 Å². The predicted octanol–water partition coefficient (Wildman–Crippen LogP) is 1.29. The van der Waals surface area contributed by atoms with Crippen LogP contribution in [0.4, 0.5) is 0 Å². The van der Waals surface area contributed by atoms with E-state index in [-0.39, 0.29) is 5.41 Å². The zero-order valence-electron chi connectivity index (χ0n) is 9.53. The second-order valence-electron chi connectivity index (χ2n) is 5.00. The lowest BCUT2D eigenvalue weighted by Crippen LogP contribution is -2.21. The van der Waals surface area contributed by atoms with Crippen LogP contribution in [-0.4, -0.2) is 36.5 Å². The highest BCUT2D eigenvalue weighted by Gasteiger charge is 2.36. The second-order valence-corrected chi connectivity index (χ2v) is 6.01. The van der Waals surface area contributed by atoms with E-state index < -0.39 is 0 Å². The van der Waals surface area contributed by atoms with E-state index in [0.29, 0.717) is 5.92 Å². The summed E-state index contributed by atoms with van der Waals surface area (Å²) in [5.41, 5.74) is 0.113. The molecule has 0 amide bonds. The van der Waals surface area contributed by atoms with Gasteiger partial charge >= 0.3 is 0 Å². The summed E-state index contributed by atoms with van der Waals surface area (Å²) in [6.07, 6.45) is 2.27. The van der Waals surface area contributed by atoms with Gasteiger partial charge in [0, 0.05) is 24.5 Å². The van der Waals surface area contributed by atoms with Gasteiger partial charge in [-0.15, -0.1) is 21.5 Å². The molecular formula is C11H17N3OS. The smallest absolute Gasteiger partial charge is 0.125 e. The minimum Gasteiger partial charge on any atom is -0.380 e. The summed E-state index contributed by atoms with van der Waals surface area (Å²) in [5, 5.41) is 14.5. The number of hydrogen-bond acceptors (Lipinski definition) is 5. The average Bonchev–Trinajstić information content (AvgIpc) is 2.98. The number of hydrogen-bond donors (Lipinski definition) is 1. The Kier molecular flexibility index (Phi) is 2.69. The lowest BCUT2D eigenvalue weighted by Gasteiger charge is -2.16. The van der Waals surface area contributed by atoms with Crippen LogP contribution < -0.4 is 5.32 Å². The minimum atomic E-state index is 0.113. The monoisotopic (exact) mass is 239 g/mol. The normalized spacial score (nSPS) is 34.7. The first-order chi connectivity index (χ1) is 7.78. The Morgan fingerprint density at radius 1 is 1.50 bits per heavy atom. The molecule has 1 aromatic heterocycles. The van der Waals surface area contributed by atoms with E-state index >= 15 is 0 Å². The van der Waals surface area contributed by atoms with Crippen molar-refractivity contribution in [3.63, 3.8) is 0 Å². The van der Waals surface area contributed by atoms with E-state index in [1.54, 1.807) is 11.3 Å². The van der Waals surface area contributed by atoms with Gasteiger partial charge in [0.1, 0.15) is 10.0 Å². The van der Waals surface area contributed by atoms with Gasteiger partial charge in [-0.1, -0.05) is 6.92 Å². The Hall–Kier alpha value is -0.520. The number of nitrogens with zero attached hydrogens (tertiary/aromatic N) is 2. The summed E-state index contributed by atoms with van der Waals surface area (Å²) < 4.78 is 5.48. The topological polar surface area (TPSA) is 47.0 Å². The van der Waals surface area contributed by atoms with Crippen LogP contribution in [0.3, 0.4) is 0 Å². The van der Waals surface area contributed by atoms with Crippen molar-refractivity contribution in [3.05, 3.63) is 10.0 Å². The fourth-order valence-corrected chi connectivity index (χ4v) is 3.48. The van der Waals surface area contributed by atoms with E-state index in [4.69, 9.17) is 4.74 Å². The molecule has 0 spiro atoms. The summed E-state index contributed by atoms with van der Waals surface area (Å²) in [4.78, 5) is 0. The van der Waals surface area contributed by atoms with Crippen molar-refractivity contribution >= 4 is 11.3 Å². The molecule has 2 atom stereocenters. The van der Waals surface area contributed by atoms with Crippen molar-refractivity contribution < 1.29 is 4.74 Å². The van der Waals surface area contributed by atoms with E-state index in [9.17, 15) is 0 Å². The molecule has 5 heteroatoms. The van der Waals surface area contributed by atoms with Crippen LogP contribution in [0.15, 0.2) is 0 Å². The molecule has 2 unspecified atom stereocenters. The predicted molar refractivity (Wildman–Crippen MR) is 62.9 cm³/mol. The van der Waals surface area contributed by atoms with E-state index in [1.807, 2.05) is 0 Å². The summed E-state index contributed by atoms with van der Waals surface area (Å²) in [6.45, 7) is 6.06. The average molecular weight is 239 g/mol. The summed E-state index contributed by atoms with van der Waals surface area (Å²) >= 11 is 1.78. The maximum Gasteiger partial charge on any atom is 0.125 e. The summed E-state index contributed by atoms with van der Waals surface area (Å²) in [5.74, 6) is 0.581. The highest BCUT2D eigenvalue weighted by Crippen LogP contribution is 2.36. The third kappa shape index (κ3) is 1.77. The van der Waals surface area contributed by atoms with Crippen molar-refractivity contribution in [2.75, 3.05) is 26.3 Å². The summed E-state index contributed by atoms with van der Waals surface area (Å²) in [7, 11) is 0. The standard InChI is InChI=1S/C11H17N3OS/c1-11(3-5-15-7-11)10-14-13-9(16-10)8-2-4-12-6-8/h8,12H,2-7H2,1H3. The van der Waals surface area contributed by atoms with Crippen molar-refractivity contribution in [1.82, 2.24) is 15.5 Å². The highest BCUT2D eigenvalue weighted by molar-refractivity contribution is 7.11. The third-order valence-electron chi connectivity index (χ3n) is 3.59. The molecule has 0 saturated carbocycles. The van der Waals surface area contributed by atoms with E-state index in [2.05, 4.69) is 22.4 Å². The van der Waals surface area contributed by atoms with Crippen LogP contribution in [0.2, 0.25) is 0 Å².